The average Bonchev–Trinajstić information content (AvgIpc) is 1.95. The van der Waals surface area contributed by atoms with Crippen LogP contribution in [0.15, 0.2) is 0 Å². The number of rotatable bonds is 4. The zero-order valence-electron chi connectivity index (χ0n) is 7.37. The molecule has 1 fully saturated rings. The molecule has 70 valence electrons. The normalized spacial score (nSPS) is 34.3. The van der Waals surface area contributed by atoms with Crippen LogP contribution in [0.5, 0.6) is 0 Å². The third kappa shape index (κ3) is 1.44. The summed E-state index contributed by atoms with van der Waals surface area (Å²) in [6, 6.07) is 0. The van der Waals surface area contributed by atoms with E-state index in [-0.39, 0.29) is 6.10 Å². The van der Waals surface area contributed by atoms with Gasteiger partial charge in [-0.15, -0.1) is 0 Å². The molecule has 0 atom stereocenters. The fraction of sp³-hybridized carbons (Fsp3) is 0.875. The van der Waals surface area contributed by atoms with E-state index in [1.807, 2.05) is 6.92 Å². The average molecular weight is 174 g/mol. The molecule has 0 aromatic rings. The zero-order valence-corrected chi connectivity index (χ0v) is 7.37. The van der Waals surface area contributed by atoms with Gasteiger partial charge in [0.2, 0.25) is 0 Å². The fourth-order valence-corrected chi connectivity index (χ4v) is 1.46. The van der Waals surface area contributed by atoms with Gasteiger partial charge in [0.05, 0.1) is 6.10 Å². The van der Waals surface area contributed by atoms with Crippen LogP contribution < -0.4 is 0 Å². The molecule has 0 spiro atoms. The van der Waals surface area contributed by atoms with Crippen LogP contribution in [0.2, 0.25) is 0 Å². The van der Waals surface area contributed by atoms with Crippen LogP contribution >= 0.6 is 0 Å². The Labute approximate surface area is 71.5 Å². The predicted molar refractivity (Wildman–Crippen MR) is 42.0 cm³/mol. The summed E-state index contributed by atoms with van der Waals surface area (Å²) in [5.41, 5.74) is -0.972. The largest absolute Gasteiger partial charge is 0.479 e. The Balaban J connectivity index is 2.41. The predicted octanol–water partition coefficient (Wildman–Crippen LogP) is 0.655. The maximum atomic E-state index is 10.7. The molecule has 0 aliphatic heterocycles. The summed E-state index contributed by atoms with van der Waals surface area (Å²) < 4.78 is 10.2. The standard InChI is InChI=1S/C8H14O4/c1-3-12-6-4-8(5-6,11-2)7(9)10/h6H,3-5H2,1-2H3,(H,9,10). The topological polar surface area (TPSA) is 55.8 Å². The third-order valence-electron chi connectivity index (χ3n) is 2.30. The molecule has 0 aromatic heterocycles. The summed E-state index contributed by atoms with van der Waals surface area (Å²) in [6.07, 6.45) is 0.991. The number of carboxylic acid groups (broad SMARTS) is 1. The molecule has 0 amide bonds. The second-order valence-corrected chi connectivity index (χ2v) is 2.99. The smallest absolute Gasteiger partial charge is 0.336 e. The highest BCUT2D eigenvalue weighted by atomic mass is 16.5. The number of carboxylic acids is 1. The van der Waals surface area contributed by atoms with Gasteiger partial charge in [0.15, 0.2) is 5.60 Å². The van der Waals surface area contributed by atoms with Crippen LogP contribution in [-0.2, 0) is 14.3 Å². The van der Waals surface area contributed by atoms with E-state index in [9.17, 15) is 4.79 Å². The van der Waals surface area contributed by atoms with Gasteiger partial charge in [-0.3, -0.25) is 0 Å². The van der Waals surface area contributed by atoms with Crippen LogP contribution in [0.1, 0.15) is 19.8 Å². The molecular formula is C8H14O4. The molecule has 4 heteroatoms. The van der Waals surface area contributed by atoms with Gasteiger partial charge in [0, 0.05) is 26.6 Å². The molecule has 0 aromatic carbocycles. The first kappa shape index (κ1) is 9.48. The monoisotopic (exact) mass is 174 g/mol. The summed E-state index contributed by atoms with van der Waals surface area (Å²) >= 11 is 0. The van der Waals surface area contributed by atoms with E-state index in [1.54, 1.807) is 0 Å². The Morgan fingerprint density at radius 2 is 2.25 bits per heavy atom. The van der Waals surface area contributed by atoms with Gasteiger partial charge in [-0.05, 0) is 6.92 Å². The molecule has 1 rings (SSSR count). The number of carbonyl (C=O) groups is 1. The van der Waals surface area contributed by atoms with E-state index in [2.05, 4.69) is 0 Å². The summed E-state index contributed by atoms with van der Waals surface area (Å²) in [6.45, 7) is 2.53. The van der Waals surface area contributed by atoms with Crippen LogP contribution in [0.4, 0.5) is 0 Å². The molecule has 0 bridgehead atoms. The lowest BCUT2D eigenvalue weighted by molar-refractivity contribution is -0.194. The minimum Gasteiger partial charge on any atom is -0.479 e. The van der Waals surface area contributed by atoms with Crippen LogP contribution in [0.3, 0.4) is 0 Å². The van der Waals surface area contributed by atoms with Crippen molar-refractivity contribution in [3.8, 4) is 0 Å². The molecule has 1 aliphatic carbocycles. The summed E-state index contributed by atoms with van der Waals surface area (Å²) in [4.78, 5) is 10.7. The highest BCUT2D eigenvalue weighted by Crippen LogP contribution is 2.37. The van der Waals surface area contributed by atoms with Crippen molar-refractivity contribution in [2.45, 2.75) is 31.5 Å². The Morgan fingerprint density at radius 1 is 1.67 bits per heavy atom. The van der Waals surface area contributed by atoms with Crippen molar-refractivity contribution in [2.24, 2.45) is 0 Å². The molecular weight excluding hydrogens is 160 g/mol. The molecule has 1 saturated carbocycles. The Bertz CT molecular complexity index is 172. The Morgan fingerprint density at radius 3 is 2.58 bits per heavy atom. The fourth-order valence-electron chi connectivity index (χ4n) is 1.46. The van der Waals surface area contributed by atoms with Gasteiger partial charge < -0.3 is 14.6 Å². The van der Waals surface area contributed by atoms with Gasteiger partial charge in [-0.1, -0.05) is 0 Å². The summed E-state index contributed by atoms with van der Waals surface area (Å²) in [5.74, 6) is -0.888. The van der Waals surface area contributed by atoms with Crippen molar-refractivity contribution >= 4 is 5.97 Å². The summed E-state index contributed by atoms with van der Waals surface area (Å²) in [5, 5.41) is 8.79. The Kier molecular flexibility index (Phi) is 2.69. The first-order valence-electron chi connectivity index (χ1n) is 4.05. The number of aliphatic carboxylic acids is 1. The molecule has 12 heavy (non-hydrogen) atoms. The van der Waals surface area contributed by atoms with E-state index in [0.717, 1.165) is 0 Å². The number of hydrogen-bond acceptors (Lipinski definition) is 3. The molecule has 1 N–H and O–H groups in total. The highest BCUT2D eigenvalue weighted by Gasteiger charge is 2.51. The van der Waals surface area contributed by atoms with Gasteiger partial charge >= 0.3 is 5.97 Å². The lowest BCUT2D eigenvalue weighted by atomic mass is 9.77. The molecule has 0 heterocycles. The molecule has 0 unspecified atom stereocenters. The van der Waals surface area contributed by atoms with Gasteiger partial charge in [-0.2, -0.15) is 0 Å². The number of hydrogen-bond donors (Lipinski definition) is 1. The molecule has 0 saturated heterocycles. The lowest BCUT2D eigenvalue weighted by Crippen LogP contribution is -2.55. The van der Waals surface area contributed by atoms with E-state index in [4.69, 9.17) is 14.6 Å². The van der Waals surface area contributed by atoms with Gasteiger partial charge in [0.25, 0.3) is 0 Å². The summed E-state index contributed by atoms with van der Waals surface area (Å²) in [7, 11) is 1.43. The van der Waals surface area contributed by atoms with E-state index < -0.39 is 11.6 Å². The first-order valence-corrected chi connectivity index (χ1v) is 4.05. The van der Waals surface area contributed by atoms with Crippen LogP contribution in [0, 0.1) is 0 Å². The van der Waals surface area contributed by atoms with E-state index in [0.29, 0.717) is 19.4 Å². The second-order valence-electron chi connectivity index (χ2n) is 2.99. The van der Waals surface area contributed by atoms with Crippen molar-refractivity contribution in [3.63, 3.8) is 0 Å². The van der Waals surface area contributed by atoms with Gasteiger partial charge in [-0.25, -0.2) is 4.79 Å². The highest BCUT2D eigenvalue weighted by molar-refractivity contribution is 5.79. The van der Waals surface area contributed by atoms with Crippen LogP contribution in [-0.4, -0.2) is 36.5 Å². The van der Waals surface area contributed by atoms with Crippen molar-refractivity contribution in [3.05, 3.63) is 0 Å². The SMILES string of the molecule is CCOC1CC(OC)(C(=O)O)C1. The molecule has 1 aliphatic rings. The van der Waals surface area contributed by atoms with Crippen molar-refractivity contribution in [2.75, 3.05) is 13.7 Å². The maximum absolute atomic E-state index is 10.7. The number of ether oxygens (including phenoxy) is 2. The molecule has 4 nitrogen and oxygen atoms in total. The van der Waals surface area contributed by atoms with E-state index >= 15 is 0 Å². The first-order chi connectivity index (χ1) is 5.64. The zero-order chi connectivity index (χ0) is 9.19. The van der Waals surface area contributed by atoms with Crippen LogP contribution in [0.25, 0.3) is 0 Å². The third-order valence-corrected chi connectivity index (χ3v) is 2.30. The minimum atomic E-state index is -0.972. The van der Waals surface area contributed by atoms with Crippen molar-refractivity contribution in [1.29, 1.82) is 0 Å². The lowest BCUT2D eigenvalue weighted by Gasteiger charge is -2.42. The van der Waals surface area contributed by atoms with Gasteiger partial charge in [0.1, 0.15) is 0 Å². The quantitative estimate of drug-likeness (QED) is 0.680. The minimum absolute atomic E-state index is 0.0612. The Hall–Kier alpha value is -0.610. The van der Waals surface area contributed by atoms with Crippen molar-refractivity contribution in [1.82, 2.24) is 0 Å². The number of methoxy groups -OCH3 is 1. The molecule has 0 radical (unpaired) electrons. The van der Waals surface area contributed by atoms with E-state index in [1.165, 1.54) is 7.11 Å². The maximum Gasteiger partial charge on any atom is 0.336 e. The van der Waals surface area contributed by atoms with Crippen molar-refractivity contribution < 1.29 is 19.4 Å². The second kappa shape index (κ2) is 3.41.